The van der Waals surface area contributed by atoms with Crippen molar-refractivity contribution in [2.45, 2.75) is 18.6 Å². The molecule has 0 radical (unpaired) electrons. The predicted octanol–water partition coefficient (Wildman–Crippen LogP) is 0.744. The Hall–Kier alpha value is -1.50. The summed E-state index contributed by atoms with van der Waals surface area (Å²) in [4.78, 5) is 18.3. The van der Waals surface area contributed by atoms with Crippen LogP contribution < -0.4 is 5.32 Å². The number of hydrogen-bond acceptors (Lipinski definition) is 5. The number of carbonyl (C=O) groups is 1. The molecule has 1 heterocycles. The number of anilines is 1. The monoisotopic (exact) mass is 257 g/mol. The van der Waals surface area contributed by atoms with E-state index < -0.39 is 16.8 Å². The normalized spacial score (nSPS) is 14.0. The van der Waals surface area contributed by atoms with Crippen molar-refractivity contribution in [1.29, 1.82) is 0 Å². The molecule has 0 aliphatic rings. The zero-order chi connectivity index (χ0) is 12.8. The second-order valence-electron chi connectivity index (χ2n) is 3.62. The molecule has 7 heteroatoms. The van der Waals surface area contributed by atoms with Crippen LogP contribution in [-0.4, -0.2) is 43.3 Å². The Morgan fingerprint density at radius 1 is 1.59 bits per heavy atom. The van der Waals surface area contributed by atoms with Gasteiger partial charge in [-0.1, -0.05) is 6.92 Å². The number of nitrogens with zero attached hydrogens (tertiary/aromatic N) is 2. The zero-order valence-corrected chi connectivity index (χ0v) is 10.5. The maximum atomic E-state index is 11.1. The van der Waals surface area contributed by atoms with Crippen molar-refractivity contribution in [2.24, 2.45) is 0 Å². The summed E-state index contributed by atoms with van der Waals surface area (Å²) in [6.07, 6.45) is 5.04. The Balaban J connectivity index is 2.49. The molecule has 2 N–H and O–H groups in total. The first kappa shape index (κ1) is 13.6. The van der Waals surface area contributed by atoms with Crippen LogP contribution in [0.4, 0.5) is 5.82 Å². The van der Waals surface area contributed by atoms with E-state index in [0.29, 0.717) is 12.4 Å². The van der Waals surface area contributed by atoms with Crippen molar-refractivity contribution < 1.29 is 14.1 Å². The molecule has 94 valence electrons. The van der Waals surface area contributed by atoms with E-state index >= 15 is 0 Å². The Labute approximate surface area is 102 Å². The first-order valence-corrected chi connectivity index (χ1v) is 6.74. The number of carboxylic acid groups (broad SMARTS) is 1. The van der Waals surface area contributed by atoms with Crippen LogP contribution in [-0.2, 0) is 10.8 Å². The molecule has 1 aromatic heterocycles. The van der Waals surface area contributed by atoms with Crippen LogP contribution in [0.15, 0.2) is 12.4 Å². The van der Waals surface area contributed by atoms with Crippen molar-refractivity contribution in [3.63, 3.8) is 0 Å². The lowest BCUT2D eigenvalue weighted by Gasteiger charge is -2.09. The van der Waals surface area contributed by atoms with E-state index in [9.17, 15) is 9.00 Å². The standard InChI is InChI=1S/C10H15N3O3S/c1-7(17(2)16)3-4-12-9-6-11-5-8(13-9)10(14)15/h5-7H,3-4H2,1-2H3,(H,12,13)(H,14,15). The van der Waals surface area contributed by atoms with Crippen molar-refractivity contribution in [2.75, 3.05) is 18.1 Å². The quantitative estimate of drug-likeness (QED) is 0.781. The van der Waals surface area contributed by atoms with E-state index in [4.69, 9.17) is 5.11 Å². The Bertz CT molecular complexity index is 425. The lowest BCUT2D eigenvalue weighted by atomic mass is 10.3. The minimum absolute atomic E-state index is 0.0953. The number of aromatic carboxylic acids is 1. The fourth-order valence-electron chi connectivity index (χ4n) is 1.12. The molecule has 1 rings (SSSR count). The van der Waals surface area contributed by atoms with Gasteiger partial charge in [0.1, 0.15) is 5.82 Å². The van der Waals surface area contributed by atoms with E-state index in [-0.39, 0.29) is 10.9 Å². The Kier molecular flexibility index (Phi) is 5.02. The first-order valence-electron chi connectivity index (χ1n) is 5.12. The van der Waals surface area contributed by atoms with Gasteiger partial charge in [0.2, 0.25) is 0 Å². The highest BCUT2D eigenvalue weighted by Crippen LogP contribution is 2.04. The van der Waals surface area contributed by atoms with Crippen molar-refractivity contribution in [3.8, 4) is 0 Å². The van der Waals surface area contributed by atoms with E-state index in [1.807, 2.05) is 6.92 Å². The summed E-state index contributed by atoms with van der Waals surface area (Å²) in [7, 11) is -0.850. The molecule has 0 aromatic carbocycles. The molecule has 0 saturated heterocycles. The highest BCUT2D eigenvalue weighted by atomic mass is 32.2. The van der Waals surface area contributed by atoms with Gasteiger partial charge in [-0.3, -0.25) is 9.19 Å². The zero-order valence-electron chi connectivity index (χ0n) is 9.71. The SMILES string of the molecule is CC(CCNc1cncc(C(=O)O)n1)S(C)=O. The van der Waals surface area contributed by atoms with Gasteiger partial charge >= 0.3 is 5.97 Å². The van der Waals surface area contributed by atoms with Crippen LogP contribution in [0.2, 0.25) is 0 Å². The van der Waals surface area contributed by atoms with Crippen LogP contribution in [0.3, 0.4) is 0 Å². The molecule has 0 aliphatic carbocycles. The lowest BCUT2D eigenvalue weighted by Crippen LogP contribution is -2.15. The number of nitrogens with one attached hydrogen (secondary N) is 1. The smallest absolute Gasteiger partial charge is 0.356 e. The highest BCUT2D eigenvalue weighted by molar-refractivity contribution is 7.84. The van der Waals surface area contributed by atoms with Gasteiger partial charge in [0.25, 0.3) is 0 Å². The van der Waals surface area contributed by atoms with Gasteiger partial charge in [0.15, 0.2) is 5.69 Å². The molecule has 6 nitrogen and oxygen atoms in total. The molecule has 0 spiro atoms. The van der Waals surface area contributed by atoms with Gasteiger partial charge < -0.3 is 10.4 Å². The molecule has 2 atom stereocenters. The molecule has 2 unspecified atom stereocenters. The van der Waals surface area contributed by atoms with Crippen LogP contribution >= 0.6 is 0 Å². The summed E-state index contributed by atoms with van der Waals surface area (Å²) in [5, 5.41) is 11.8. The topological polar surface area (TPSA) is 92.2 Å². The summed E-state index contributed by atoms with van der Waals surface area (Å²) >= 11 is 0. The number of rotatable bonds is 6. The summed E-state index contributed by atoms with van der Waals surface area (Å²) in [5.41, 5.74) is -0.0953. The third-order valence-electron chi connectivity index (χ3n) is 2.28. The van der Waals surface area contributed by atoms with Crippen LogP contribution in [0.25, 0.3) is 0 Å². The lowest BCUT2D eigenvalue weighted by molar-refractivity contribution is 0.0690. The van der Waals surface area contributed by atoms with E-state index in [1.54, 1.807) is 6.26 Å². The Morgan fingerprint density at radius 3 is 2.88 bits per heavy atom. The van der Waals surface area contributed by atoms with Gasteiger partial charge in [-0.2, -0.15) is 0 Å². The number of hydrogen-bond donors (Lipinski definition) is 2. The fourth-order valence-corrected chi connectivity index (χ4v) is 1.57. The van der Waals surface area contributed by atoms with E-state index in [2.05, 4.69) is 15.3 Å². The summed E-state index contributed by atoms with van der Waals surface area (Å²) < 4.78 is 11.1. The van der Waals surface area contributed by atoms with Gasteiger partial charge in [-0.15, -0.1) is 0 Å². The molecule has 17 heavy (non-hydrogen) atoms. The predicted molar refractivity (Wildman–Crippen MR) is 65.6 cm³/mol. The van der Waals surface area contributed by atoms with Gasteiger partial charge in [0, 0.05) is 28.9 Å². The third kappa shape index (κ3) is 4.48. The summed E-state index contributed by atoms with van der Waals surface area (Å²) in [6.45, 7) is 2.48. The van der Waals surface area contributed by atoms with Crippen LogP contribution in [0.1, 0.15) is 23.8 Å². The van der Waals surface area contributed by atoms with Gasteiger partial charge in [0.05, 0.1) is 12.4 Å². The fraction of sp³-hybridized carbons (Fsp3) is 0.500. The van der Waals surface area contributed by atoms with E-state index in [1.165, 1.54) is 12.4 Å². The second-order valence-corrected chi connectivity index (χ2v) is 5.42. The molecular weight excluding hydrogens is 242 g/mol. The third-order valence-corrected chi connectivity index (χ3v) is 3.65. The maximum absolute atomic E-state index is 11.1. The minimum atomic E-state index is -1.11. The summed E-state index contributed by atoms with van der Waals surface area (Å²) in [5.74, 6) is -0.692. The van der Waals surface area contributed by atoms with Crippen molar-refractivity contribution in [3.05, 3.63) is 18.1 Å². The molecule has 0 fully saturated rings. The molecular formula is C10H15N3O3S. The largest absolute Gasteiger partial charge is 0.476 e. The average Bonchev–Trinajstić information content (AvgIpc) is 2.29. The first-order chi connectivity index (χ1) is 8.00. The van der Waals surface area contributed by atoms with Crippen molar-refractivity contribution >= 4 is 22.6 Å². The molecule has 0 saturated carbocycles. The molecule has 0 bridgehead atoms. The highest BCUT2D eigenvalue weighted by Gasteiger charge is 2.07. The number of aromatic nitrogens is 2. The summed E-state index contributed by atoms with van der Waals surface area (Å²) in [6, 6.07) is 0. The second kappa shape index (κ2) is 6.29. The minimum Gasteiger partial charge on any atom is -0.476 e. The van der Waals surface area contributed by atoms with Crippen molar-refractivity contribution in [1.82, 2.24) is 9.97 Å². The average molecular weight is 257 g/mol. The van der Waals surface area contributed by atoms with Gasteiger partial charge in [-0.25, -0.2) is 9.78 Å². The van der Waals surface area contributed by atoms with Gasteiger partial charge in [-0.05, 0) is 6.42 Å². The van der Waals surface area contributed by atoms with Crippen LogP contribution in [0, 0.1) is 0 Å². The molecule has 0 aliphatic heterocycles. The maximum Gasteiger partial charge on any atom is 0.356 e. The van der Waals surface area contributed by atoms with Crippen LogP contribution in [0.5, 0.6) is 0 Å². The Morgan fingerprint density at radius 2 is 2.29 bits per heavy atom. The molecule has 1 aromatic rings. The molecule has 0 amide bonds. The number of carboxylic acids is 1. The van der Waals surface area contributed by atoms with E-state index in [0.717, 1.165) is 6.42 Å².